The number of aromatic nitrogens is 1. The molecular formula is C25H25F3N4. The van der Waals surface area contributed by atoms with Gasteiger partial charge in [-0.2, -0.15) is 13.2 Å². The number of alkyl halides is 3. The first kappa shape index (κ1) is 23.1. The van der Waals surface area contributed by atoms with E-state index in [4.69, 9.17) is 11.1 Å². The fourth-order valence-electron chi connectivity index (χ4n) is 3.60. The van der Waals surface area contributed by atoms with Gasteiger partial charge in [0.15, 0.2) is 0 Å². The summed E-state index contributed by atoms with van der Waals surface area (Å²) in [4.78, 5) is 6.28. The smallest absolute Gasteiger partial charge is 0.395 e. The van der Waals surface area contributed by atoms with Crippen LogP contribution in [-0.2, 0) is 0 Å². The Kier molecular flexibility index (Phi) is 6.39. The van der Waals surface area contributed by atoms with Crippen LogP contribution in [0.3, 0.4) is 0 Å². The maximum absolute atomic E-state index is 12.7. The van der Waals surface area contributed by atoms with Gasteiger partial charge in [-0.1, -0.05) is 12.1 Å². The van der Waals surface area contributed by atoms with E-state index in [2.05, 4.69) is 41.4 Å². The van der Waals surface area contributed by atoms with Gasteiger partial charge in [0.25, 0.3) is 0 Å². The fraction of sp³-hybridized carbons (Fsp3) is 0.200. The number of aryl methyl sites for hydroxylation is 4. The number of allylic oxidation sites excluding steroid dienone is 2. The van der Waals surface area contributed by atoms with Gasteiger partial charge in [-0.05, 0) is 92.4 Å². The molecule has 0 unspecified atom stereocenters. The van der Waals surface area contributed by atoms with Crippen LogP contribution < -0.4 is 10.6 Å². The summed E-state index contributed by atoms with van der Waals surface area (Å²) in [6.45, 7) is 8.10. The highest BCUT2D eigenvalue weighted by Gasteiger charge is 2.31. The average molecular weight is 438 g/mol. The molecule has 0 fully saturated rings. The monoisotopic (exact) mass is 438 g/mol. The lowest BCUT2D eigenvalue weighted by Gasteiger charge is -2.27. The summed E-state index contributed by atoms with van der Waals surface area (Å²) in [6, 6.07) is 15.7. The van der Waals surface area contributed by atoms with Crippen LogP contribution in [0, 0.1) is 33.1 Å². The summed E-state index contributed by atoms with van der Waals surface area (Å²) in [7, 11) is 0. The van der Waals surface area contributed by atoms with Crippen molar-refractivity contribution in [1.82, 2.24) is 4.98 Å². The van der Waals surface area contributed by atoms with E-state index >= 15 is 0 Å². The molecule has 3 N–H and O–H groups in total. The molecule has 0 bridgehead atoms. The molecule has 1 heterocycles. The molecule has 0 aliphatic carbocycles. The molecule has 0 saturated carbocycles. The van der Waals surface area contributed by atoms with Crippen molar-refractivity contribution in [3.63, 3.8) is 0 Å². The van der Waals surface area contributed by atoms with E-state index in [1.165, 1.54) is 6.07 Å². The maximum atomic E-state index is 12.7. The number of halogens is 3. The predicted molar refractivity (Wildman–Crippen MR) is 123 cm³/mol. The minimum atomic E-state index is -4.69. The second-order valence-electron chi connectivity index (χ2n) is 7.94. The maximum Gasteiger partial charge on any atom is 0.430 e. The van der Waals surface area contributed by atoms with Crippen LogP contribution in [-0.4, -0.2) is 16.9 Å². The summed E-state index contributed by atoms with van der Waals surface area (Å²) in [5, 5.41) is 7.93. The molecule has 0 saturated heterocycles. The van der Waals surface area contributed by atoms with E-state index in [9.17, 15) is 13.2 Å². The standard InChI is InChI=1S/C25H25F3N4/c1-15-7-16(2)10-20(9-15)32(21-11-17(3)8-18(4)12-21)19-5-6-23(31-14-19)22(29)13-24(30)25(26,27)28/h5-14,29H,30H2,1-4H3. The molecule has 4 nitrogen and oxygen atoms in total. The molecule has 3 rings (SSSR count). The second kappa shape index (κ2) is 8.86. The van der Waals surface area contributed by atoms with Gasteiger partial charge >= 0.3 is 6.18 Å². The topological polar surface area (TPSA) is 66.0 Å². The van der Waals surface area contributed by atoms with E-state index in [0.717, 1.165) is 39.3 Å². The number of nitrogens with two attached hydrogens (primary N) is 1. The number of pyridine rings is 1. The third-order valence-electron chi connectivity index (χ3n) is 4.84. The SMILES string of the molecule is Cc1cc(C)cc(N(c2ccc(C(=N)C=C(N)C(F)(F)F)nc2)c2cc(C)cc(C)c2)c1. The number of anilines is 3. The van der Waals surface area contributed by atoms with Crippen molar-refractivity contribution in [1.29, 1.82) is 5.41 Å². The zero-order valence-electron chi connectivity index (χ0n) is 18.4. The van der Waals surface area contributed by atoms with Crippen molar-refractivity contribution in [2.75, 3.05) is 4.90 Å². The van der Waals surface area contributed by atoms with E-state index in [0.29, 0.717) is 6.08 Å². The Hall–Kier alpha value is -3.61. The Labute approximate surface area is 185 Å². The highest BCUT2D eigenvalue weighted by atomic mass is 19.4. The van der Waals surface area contributed by atoms with Gasteiger partial charge < -0.3 is 10.6 Å². The van der Waals surface area contributed by atoms with Crippen molar-refractivity contribution in [2.45, 2.75) is 33.9 Å². The lowest BCUT2D eigenvalue weighted by molar-refractivity contribution is -0.0925. The Morgan fingerprint density at radius 3 is 1.69 bits per heavy atom. The first-order valence-corrected chi connectivity index (χ1v) is 10.00. The normalized spacial score (nSPS) is 12.0. The van der Waals surface area contributed by atoms with Crippen LogP contribution in [0.25, 0.3) is 0 Å². The first-order valence-electron chi connectivity index (χ1n) is 10.00. The molecule has 0 amide bonds. The van der Waals surface area contributed by atoms with Crippen molar-refractivity contribution < 1.29 is 13.2 Å². The molecule has 2 aromatic carbocycles. The number of benzene rings is 2. The lowest BCUT2D eigenvalue weighted by Crippen LogP contribution is -2.21. The van der Waals surface area contributed by atoms with Crippen LogP contribution >= 0.6 is 0 Å². The van der Waals surface area contributed by atoms with Gasteiger partial charge in [-0.15, -0.1) is 0 Å². The Balaban J connectivity index is 2.07. The van der Waals surface area contributed by atoms with Crippen LogP contribution in [0.5, 0.6) is 0 Å². The van der Waals surface area contributed by atoms with Gasteiger partial charge in [0.2, 0.25) is 0 Å². The van der Waals surface area contributed by atoms with Crippen molar-refractivity contribution in [2.24, 2.45) is 5.73 Å². The Morgan fingerprint density at radius 1 is 0.844 bits per heavy atom. The van der Waals surface area contributed by atoms with Gasteiger partial charge in [0.1, 0.15) is 5.70 Å². The average Bonchev–Trinajstić information content (AvgIpc) is 2.66. The zero-order valence-corrected chi connectivity index (χ0v) is 18.4. The van der Waals surface area contributed by atoms with Crippen LogP contribution in [0.1, 0.15) is 27.9 Å². The first-order chi connectivity index (χ1) is 14.9. The molecule has 0 aliphatic heterocycles. The molecule has 32 heavy (non-hydrogen) atoms. The second-order valence-corrected chi connectivity index (χ2v) is 7.94. The molecule has 0 spiro atoms. The van der Waals surface area contributed by atoms with Crippen LogP contribution in [0.2, 0.25) is 0 Å². The third-order valence-corrected chi connectivity index (χ3v) is 4.84. The summed E-state index contributed by atoms with van der Waals surface area (Å²) < 4.78 is 38.1. The van der Waals surface area contributed by atoms with E-state index in [-0.39, 0.29) is 5.69 Å². The van der Waals surface area contributed by atoms with Gasteiger partial charge in [0, 0.05) is 11.4 Å². The van der Waals surface area contributed by atoms with E-state index in [1.807, 2.05) is 32.6 Å². The quantitative estimate of drug-likeness (QED) is 0.444. The summed E-state index contributed by atoms with van der Waals surface area (Å²) in [6.07, 6.45) is -2.56. The highest BCUT2D eigenvalue weighted by molar-refractivity contribution is 6.05. The number of nitrogens with one attached hydrogen (secondary N) is 1. The van der Waals surface area contributed by atoms with Gasteiger partial charge in [-0.3, -0.25) is 10.4 Å². The molecule has 0 radical (unpaired) electrons. The Bertz CT molecular complexity index is 1090. The van der Waals surface area contributed by atoms with Crippen molar-refractivity contribution in [3.05, 3.63) is 94.4 Å². The summed E-state index contributed by atoms with van der Waals surface area (Å²) >= 11 is 0. The molecule has 166 valence electrons. The fourth-order valence-corrected chi connectivity index (χ4v) is 3.60. The highest BCUT2D eigenvalue weighted by Crippen LogP contribution is 2.36. The summed E-state index contributed by atoms with van der Waals surface area (Å²) in [5.41, 5.74) is 10.4. The number of hydrogen-bond acceptors (Lipinski definition) is 4. The van der Waals surface area contributed by atoms with Crippen molar-refractivity contribution >= 4 is 22.8 Å². The number of hydrogen-bond donors (Lipinski definition) is 2. The van der Waals surface area contributed by atoms with E-state index < -0.39 is 17.6 Å². The minimum absolute atomic E-state index is 0.0988. The Morgan fingerprint density at radius 2 is 1.31 bits per heavy atom. The van der Waals surface area contributed by atoms with Gasteiger partial charge in [0.05, 0.1) is 23.3 Å². The van der Waals surface area contributed by atoms with E-state index in [1.54, 1.807) is 12.3 Å². The minimum Gasteiger partial charge on any atom is -0.395 e. The largest absolute Gasteiger partial charge is 0.430 e. The van der Waals surface area contributed by atoms with Gasteiger partial charge in [-0.25, -0.2) is 0 Å². The molecule has 0 aliphatic rings. The van der Waals surface area contributed by atoms with Crippen molar-refractivity contribution in [3.8, 4) is 0 Å². The molecule has 7 heteroatoms. The third kappa shape index (κ3) is 5.35. The molecular weight excluding hydrogens is 413 g/mol. The lowest BCUT2D eigenvalue weighted by atomic mass is 10.1. The zero-order chi connectivity index (χ0) is 23.6. The van der Waals surface area contributed by atoms with Crippen LogP contribution in [0.4, 0.5) is 30.2 Å². The molecule has 0 atom stereocenters. The van der Waals surface area contributed by atoms with Crippen LogP contribution in [0.15, 0.2) is 66.5 Å². The number of rotatable bonds is 5. The summed E-state index contributed by atoms with van der Waals surface area (Å²) in [5.74, 6) is 0. The number of nitrogens with zero attached hydrogens (tertiary/aromatic N) is 2. The molecule has 1 aromatic heterocycles. The molecule has 3 aromatic rings. The predicted octanol–water partition coefficient (Wildman–Crippen LogP) is 6.56.